The van der Waals surface area contributed by atoms with Crippen LogP contribution >= 0.6 is 0 Å². The molecule has 132 valence electrons. The predicted molar refractivity (Wildman–Crippen MR) is 100.0 cm³/mol. The van der Waals surface area contributed by atoms with Gasteiger partial charge in [0.05, 0.1) is 19.5 Å². The van der Waals surface area contributed by atoms with Gasteiger partial charge in [-0.25, -0.2) is 9.97 Å². The molecule has 0 aliphatic rings. The minimum atomic E-state index is -0.261. The normalized spacial score (nSPS) is 10.2. The highest BCUT2D eigenvalue weighted by atomic mass is 16.5. The minimum Gasteiger partial charge on any atom is -0.497 e. The second-order valence-electron chi connectivity index (χ2n) is 5.66. The maximum atomic E-state index is 12.2. The fraction of sp³-hybridized carbons (Fsp3) is 0.150. The maximum absolute atomic E-state index is 12.2. The number of carbonyl (C=O) groups is 1. The van der Waals surface area contributed by atoms with Crippen LogP contribution in [0.1, 0.15) is 21.6 Å². The van der Waals surface area contributed by atoms with Crippen LogP contribution in [0.2, 0.25) is 0 Å². The van der Waals surface area contributed by atoms with Crippen LogP contribution in [0, 0.1) is 0 Å². The Hall–Kier alpha value is -3.41. The molecular formula is C20H20N4O2. The molecule has 2 aromatic carbocycles. The Kier molecular flexibility index (Phi) is 5.77. The lowest BCUT2D eigenvalue weighted by Gasteiger charge is -2.07. The quantitative estimate of drug-likeness (QED) is 0.686. The Morgan fingerprint density at radius 1 is 0.923 bits per heavy atom. The van der Waals surface area contributed by atoms with Crippen LogP contribution in [0.15, 0.2) is 67.0 Å². The lowest BCUT2D eigenvalue weighted by Crippen LogP contribution is -2.24. The number of nitrogens with zero attached hydrogens (tertiary/aromatic N) is 2. The summed E-state index contributed by atoms with van der Waals surface area (Å²) in [5, 5.41) is 6.01. The van der Waals surface area contributed by atoms with Gasteiger partial charge < -0.3 is 15.4 Å². The van der Waals surface area contributed by atoms with E-state index in [1.807, 2.05) is 54.6 Å². The van der Waals surface area contributed by atoms with E-state index in [2.05, 4.69) is 20.6 Å². The summed E-state index contributed by atoms with van der Waals surface area (Å²) >= 11 is 0. The standard InChI is InChI=1S/C20H20N4O2/c1-26-17-9-7-16(8-10-17)12-24-20(25)18-13-23-19(14-21-18)22-11-15-5-3-2-4-6-15/h2-10,13-14H,11-12H2,1H3,(H,22,23)(H,24,25). The number of benzene rings is 2. The van der Waals surface area contributed by atoms with Crippen LogP contribution < -0.4 is 15.4 Å². The van der Waals surface area contributed by atoms with Gasteiger partial charge in [-0.05, 0) is 23.3 Å². The third-order valence-corrected chi connectivity index (χ3v) is 3.81. The van der Waals surface area contributed by atoms with E-state index in [1.54, 1.807) is 13.3 Å². The summed E-state index contributed by atoms with van der Waals surface area (Å²) in [5.74, 6) is 1.15. The molecule has 1 heterocycles. The molecule has 1 amide bonds. The van der Waals surface area contributed by atoms with E-state index in [1.165, 1.54) is 6.20 Å². The average molecular weight is 348 g/mol. The maximum Gasteiger partial charge on any atom is 0.271 e. The summed E-state index contributed by atoms with van der Waals surface area (Å²) in [6.45, 7) is 1.07. The molecule has 0 aliphatic heterocycles. The van der Waals surface area contributed by atoms with Gasteiger partial charge in [0.25, 0.3) is 5.91 Å². The lowest BCUT2D eigenvalue weighted by atomic mass is 10.2. The van der Waals surface area contributed by atoms with E-state index in [4.69, 9.17) is 4.74 Å². The largest absolute Gasteiger partial charge is 0.497 e. The van der Waals surface area contributed by atoms with Gasteiger partial charge in [0.2, 0.25) is 0 Å². The number of methoxy groups -OCH3 is 1. The molecule has 0 spiro atoms. The molecule has 0 saturated carbocycles. The molecule has 2 N–H and O–H groups in total. The first-order valence-corrected chi connectivity index (χ1v) is 8.25. The minimum absolute atomic E-state index is 0.261. The Morgan fingerprint density at radius 3 is 2.31 bits per heavy atom. The highest BCUT2D eigenvalue weighted by Crippen LogP contribution is 2.11. The van der Waals surface area contributed by atoms with Crippen molar-refractivity contribution in [2.75, 3.05) is 12.4 Å². The Balaban J connectivity index is 1.51. The van der Waals surface area contributed by atoms with Crippen LogP contribution in [-0.2, 0) is 13.1 Å². The Morgan fingerprint density at radius 2 is 1.65 bits per heavy atom. The van der Waals surface area contributed by atoms with Crippen molar-refractivity contribution in [3.05, 3.63) is 83.8 Å². The van der Waals surface area contributed by atoms with E-state index in [9.17, 15) is 4.79 Å². The number of ether oxygens (including phenoxy) is 1. The van der Waals surface area contributed by atoms with Gasteiger partial charge in [-0.3, -0.25) is 4.79 Å². The highest BCUT2D eigenvalue weighted by molar-refractivity contribution is 5.91. The number of anilines is 1. The summed E-state index contributed by atoms with van der Waals surface area (Å²) < 4.78 is 5.11. The Bertz CT molecular complexity index is 834. The Labute approximate surface area is 152 Å². The molecule has 3 aromatic rings. The zero-order valence-electron chi connectivity index (χ0n) is 14.5. The van der Waals surface area contributed by atoms with Crippen LogP contribution in [-0.4, -0.2) is 23.0 Å². The van der Waals surface area contributed by atoms with E-state index in [-0.39, 0.29) is 11.6 Å². The fourth-order valence-electron chi connectivity index (χ4n) is 2.34. The van der Waals surface area contributed by atoms with Gasteiger partial charge in [0.15, 0.2) is 0 Å². The number of hydrogen-bond donors (Lipinski definition) is 2. The van der Waals surface area contributed by atoms with E-state index in [0.717, 1.165) is 16.9 Å². The first kappa shape index (κ1) is 17.4. The van der Waals surface area contributed by atoms with Crippen molar-refractivity contribution in [1.29, 1.82) is 0 Å². The van der Waals surface area contributed by atoms with Crippen molar-refractivity contribution in [1.82, 2.24) is 15.3 Å². The van der Waals surface area contributed by atoms with Gasteiger partial charge in [0.1, 0.15) is 17.3 Å². The van der Waals surface area contributed by atoms with Crippen molar-refractivity contribution < 1.29 is 9.53 Å². The molecule has 0 saturated heterocycles. The third-order valence-electron chi connectivity index (χ3n) is 3.81. The van der Waals surface area contributed by atoms with Crippen LogP contribution in [0.25, 0.3) is 0 Å². The molecular weight excluding hydrogens is 328 g/mol. The molecule has 1 aromatic heterocycles. The lowest BCUT2D eigenvalue weighted by molar-refractivity contribution is 0.0945. The number of aromatic nitrogens is 2. The fourth-order valence-corrected chi connectivity index (χ4v) is 2.34. The van der Waals surface area contributed by atoms with Gasteiger partial charge in [-0.1, -0.05) is 42.5 Å². The van der Waals surface area contributed by atoms with Crippen molar-refractivity contribution >= 4 is 11.7 Å². The van der Waals surface area contributed by atoms with Crippen molar-refractivity contribution in [3.63, 3.8) is 0 Å². The average Bonchev–Trinajstić information content (AvgIpc) is 2.72. The number of rotatable bonds is 7. The molecule has 6 heteroatoms. The van der Waals surface area contributed by atoms with Gasteiger partial charge in [0, 0.05) is 13.1 Å². The van der Waals surface area contributed by atoms with Gasteiger partial charge in [-0.2, -0.15) is 0 Å². The van der Waals surface area contributed by atoms with Crippen LogP contribution in [0.3, 0.4) is 0 Å². The molecule has 0 fully saturated rings. The molecule has 0 aliphatic carbocycles. The number of amides is 1. The van der Waals surface area contributed by atoms with Gasteiger partial charge in [-0.15, -0.1) is 0 Å². The van der Waals surface area contributed by atoms with E-state index in [0.29, 0.717) is 18.9 Å². The third kappa shape index (κ3) is 4.80. The van der Waals surface area contributed by atoms with Crippen molar-refractivity contribution in [2.45, 2.75) is 13.1 Å². The molecule has 26 heavy (non-hydrogen) atoms. The molecule has 0 atom stereocenters. The summed E-state index contributed by atoms with van der Waals surface area (Å²) in [7, 11) is 1.62. The van der Waals surface area contributed by atoms with Gasteiger partial charge >= 0.3 is 0 Å². The number of nitrogens with one attached hydrogen (secondary N) is 2. The zero-order chi connectivity index (χ0) is 18.2. The monoisotopic (exact) mass is 348 g/mol. The highest BCUT2D eigenvalue weighted by Gasteiger charge is 2.08. The van der Waals surface area contributed by atoms with Crippen LogP contribution in [0.5, 0.6) is 5.75 Å². The zero-order valence-corrected chi connectivity index (χ0v) is 14.5. The first-order chi connectivity index (χ1) is 12.7. The van der Waals surface area contributed by atoms with Crippen molar-refractivity contribution in [2.24, 2.45) is 0 Å². The predicted octanol–water partition coefficient (Wildman–Crippen LogP) is 3.03. The second-order valence-corrected chi connectivity index (χ2v) is 5.66. The summed E-state index contributed by atoms with van der Waals surface area (Å²) in [4.78, 5) is 20.6. The number of carbonyl (C=O) groups excluding carboxylic acids is 1. The molecule has 3 rings (SSSR count). The van der Waals surface area contributed by atoms with Crippen LogP contribution in [0.4, 0.5) is 5.82 Å². The molecule has 0 radical (unpaired) electrons. The summed E-state index contributed by atoms with van der Waals surface area (Å²) in [5.41, 5.74) is 2.41. The summed E-state index contributed by atoms with van der Waals surface area (Å²) in [6.07, 6.45) is 3.03. The van der Waals surface area contributed by atoms with Crippen molar-refractivity contribution in [3.8, 4) is 5.75 Å². The van der Waals surface area contributed by atoms with E-state index < -0.39 is 0 Å². The molecule has 0 unspecified atom stereocenters. The topological polar surface area (TPSA) is 76.1 Å². The van der Waals surface area contributed by atoms with E-state index >= 15 is 0 Å². The summed E-state index contributed by atoms with van der Waals surface area (Å²) in [6, 6.07) is 17.5. The second kappa shape index (κ2) is 8.62. The molecule has 0 bridgehead atoms. The smallest absolute Gasteiger partial charge is 0.271 e. The SMILES string of the molecule is COc1ccc(CNC(=O)c2cnc(NCc3ccccc3)cn2)cc1. The first-order valence-electron chi connectivity index (χ1n) is 8.25. The molecule has 6 nitrogen and oxygen atoms in total. The number of hydrogen-bond acceptors (Lipinski definition) is 5.